The summed E-state index contributed by atoms with van der Waals surface area (Å²) in [6.07, 6.45) is 8.65. The van der Waals surface area contributed by atoms with Crippen LogP contribution in [0, 0.1) is 0 Å². The van der Waals surface area contributed by atoms with Crippen LogP contribution in [0.15, 0.2) is 49.2 Å². The zero-order chi connectivity index (χ0) is 24.3. The van der Waals surface area contributed by atoms with E-state index in [9.17, 15) is 4.79 Å². The van der Waals surface area contributed by atoms with Crippen molar-refractivity contribution in [1.29, 1.82) is 0 Å². The van der Waals surface area contributed by atoms with E-state index < -0.39 is 11.3 Å². The molecule has 0 saturated carbocycles. The van der Waals surface area contributed by atoms with Crippen LogP contribution in [-0.2, 0) is 17.3 Å². The average molecular weight is 509 g/mol. The average Bonchev–Trinajstić information content (AvgIpc) is 3.60. The van der Waals surface area contributed by atoms with Crippen molar-refractivity contribution >= 4 is 40.4 Å². The van der Waals surface area contributed by atoms with Crippen LogP contribution in [0.1, 0.15) is 36.2 Å². The summed E-state index contributed by atoms with van der Waals surface area (Å²) in [5.74, 6) is -0.359. The van der Waals surface area contributed by atoms with Crippen molar-refractivity contribution in [2.24, 2.45) is 7.05 Å². The van der Waals surface area contributed by atoms with Crippen molar-refractivity contribution in [2.75, 3.05) is 5.32 Å². The third-order valence-corrected chi connectivity index (χ3v) is 6.75. The van der Waals surface area contributed by atoms with Crippen LogP contribution < -0.4 is 5.32 Å². The predicted octanol–water partition coefficient (Wildman–Crippen LogP) is 3.18. The molecule has 1 aliphatic rings. The fraction of sp³-hybridized carbons (Fsp3) is 0.227. The molecule has 1 aliphatic carbocycles. The van der Waals surface area contributed by atoms with E-state index in [1.807, 2.05) is 19.3 Å². The molecule has 0 bridgehead atoms. The van der Waals surface area contributed by atoms with Gasteiger partial charge in [0.2, 0.25) is 5.91 Å². The van der Waals surface area contributed by atoms with E-state index in [1.165, 1.54) is 23.4 Å². The first kappa shape index (κ1) is 21.7. The number of halogens is 2. The fourth-order valence-electron chi connectivity index (χ4n) is 4.71. The lowest BCUT2D eigenvalue weighted by molar-refractivity contribution is -0.117. The molecule has 2 atom stereocenters. The number of hydrogen-bond donors (Lipinski definition) is 1. The van der Waals surface area contributed by atoms with Gasteiger partial charge >= 0.3 is 0 Å². The molecule has 0 saturated heterocycles. The first-order valence-electron chi connectivity index (χ1n) is 10.7. The van der Waals surface area contributed by atoms with E-state index in [-0.39, 0.29) is 5.91 Å². The number of pyridine rings is 1. The standard InChI is InChI=1S/C22H18Cl2N10O/c1-22(16-3-6-32(2)30-16)9-13(14-11-25-18-8-17(24)31-33(18)19(14)22)21(35)29-12-7-15(23)20(26-10-12)34-27-4-5-28-34/h3-8,10-11,13H,9H2,1-2H3,(H,29,35). The number of nitrogens with zero attached hydrogens (tertiary/aromatic N) is 9. The summed E-state index contributed by atoms with van der Waals surface area (Å²) in [5.41, 5.74) is 2.90. The normalized spacial score (nSPS) is 19.3. The highest BCUT2D eigenvalue weighted by atomic mass is 35.5. The largest absolute Gasteiger partial charge is 0.324 e. The second kappa shape index (κ2) is 7.85. The van der Waals surface area contributed by atoms with Crippen LogP contribution in [0.5, 0.6) is 0 Å². The molecule has 0 aromatic carbocycles. The van der Waals surface area contributed by atoms with Gasteiger partial charge < -0.3 is 5.32 Å². The molecular formula is C22H18Cl2N10O. The van der Waals surface area contributed by atoms with E-state index >= 15 is 0 Å². The molecule has 35 heavy (non-hydrogen) atoms. The molecule has 176 valence electrons. The molecule has 1 N–H and O–H groups in total. The first-order chi connectivity index (χ1) is 16.8. The van der Waals surface area contributed by atoms with Crippen LogP contribution in [0.4, 0.5) is 5.69 Å². The van der Waals surface area contributed by atoms with Gasteiger partial charge in [-0.2, -0.15) is 20.4 Å². The molecule has 6 rings (SSSR count). The number of hydrogen-bond acceptors (Lipinski definition) is 7. The van der Waals surface area contributed by atoms with Gasteiger partial charge in [0.1, 0.15) is 0 Å². The summed E-state index contributed by atoms with van der Waals surface area (Å²) in [7, 11) is 1.86. The highest BCUT2D eigenvalue weighted by Crippen LogP contribution is 2.49. The van der Waals surface area contributed by atoms with Crippen molar-refractivity contribution in [3.8, 4) is 5.82 Å². The molecular weight excluding hydrogens is 491 g/mol. The topological polar surface area (TPSA) is 121 Å². The number of aryl methyl sites for hydroxylation is 1. The van der Waals surface area contributed by atoms with Gasteiger partial charge in [-0.05, 0) is 25.5 Å². The van der Waals surface area contributed by atoms with E-state index in [0.717, 1.165) is 17.0 Å². The Bertz CT molecular complexity index is 1590. The lowest BCUT2D eigenvalue weighted by Gasteiger charge is -2.23. The second-order valence-electron chi connectivity index (χ2n) is 8.60. The minimum Gasteiger partial charge on any atom is -0.324 e. The highest BCUT2D eigenvalue weighted by Gasteiger charge is 2.48. The number of nitrogens with one attached hydrogen (secondary N) is 1. The number of aromatic nitrogens is 9. The van der Waals surface area contributed by atoms with Gasteiger partial charge in [0, 0.05) is 31.1 Å². The lowest BCUT2D eigenvalue weighted by atomic mass is 9.82. The summed E-state index contributed by atoms with van der Waals surface area (Å²) in [5, 5.41) is 20.7. The van der Waals surface area contributed by atoms with Crippen molar-refractivity contribution in [3.63, 3.8) is 0 Å². The Morgan fingerprint density at radius 1 is 1.14 bits per heavy atom. The zero-order valence-corrected chi connectivity index (χ0v) is 20.1. The Morgan fingerprint density at radius 3 is 2.66 bits per heavy atom. The van der Waals surface area contributed by atoms with Crippen molar-refractivity contribution in [1.82, 2.24) is 44.4 Å². The molecule has 1 amide bonds. The van der Waals surface area contributed by atoms with Crippen LogP contribution in [0.3, 0.4) is 0 Å². The first-order valence-corrected chi connectivity index (χ1v) is 11.5. The summed E-state index contributed by atoms with van der Waals surface area (Å²) in [6.45, 7) is 2.06. The molecule has 2 unspecified atom stereocenters. The molecule has 0 aliphatic heterocycles. The predicted molar refractivity (Wildman–Crippen MR) is 128 cm³/mol. The number of carbonyl (C=O) groups is 1. The van der Waals surface area contributed by atoms with Crippen LogP contribution in [0.2, 0.25) is 10.2 Å². The monoisotopic (exact) mass is 508 g/mol. The Kier molecular flexibility index (Phi) is 4.87. The van der Waals surface area contributed by atoms with Gasteiger partial charge in [0.05, 0.1) is 52.0 Å². The SMILES string of the molecule is Cn1ccc(C2(C)CC(C(=O)Nc3cnc(-n4nccn4)c(Cl)c3)c3cnc4cc(Cl)nn4c32)n1. The van der Waals surface area contributed by atoms with Crippen molar-refractivity contribution < 1.29 is 4.79 Å². The Morgan fingerprint density at radius 2 is 1.94 bits per heavy atom. The maximum Gasteiger partial charge on any atom is 0.232 e. The maximum absolute atomic E-state index is 13.5. The highest BCUT2D eigenvalue weighted by molar-refractivity contribution is 6.32. The minimum absolute atomic E-state index is 0.215. The van der Waals surface area contributed by atoms with E-state index in [1.54, 1.807) is 27.5 Å². The molecule has 11 nitrogen and oxygen atoms in total. The van der Waals surface area contributed by atoms with E-state index in [4.69, 9.17) is 23.2 Å². The smallest absolute Gasteiger partial charge is 0.232 e. The lowest BCUT2D eigenvalue weighted by Crippen LogP contribution is -2.26. The van der Waals surface area contributed by atoms with Crippen molar-refractivity contribution in [2.45, 2.75) is 24.7 Å². The third-order valence-electron chi connectivity index (χ3n) is 6.29. The Hall–Kier alpha value is -3.83. The van der Waals surface area contributed by atoms with E-state index in [2.05, 4.69) is 42.6 Å². The van der Waals surface area contributed by atoms with Gasteiger partial charge in [-0.25, -0.2) is 14.5 Å². The number of rotatable bonds is 4. The molecule has 5 heterocycles. The molecule has 5 aromatic rings. The molecule has 5 aromatic heterocycles. The summed E-state index contributed by atoms with van der Waals surface area (Å²) < 4.78 is 3.45. The second-order valence-corrected chi connectivity index (χ2v) is 9.39. The van der Waals surface area contributed by atoms with Crippen LogP contribution >= 0.6 is 23.2 Å². The molecule has 0 fully saturated rings. The summed E-state index contributed by atoms with van der Waals surface area (Å²) in [4.78, 5) is 23.7. The van der Waals surface area contributed by atoms with Gasteiger partial charge in [-0.1, -0.05) is 23.2 Å². The van der Waals surface area contributed by atoms with Crippen molar-refractivity contribution in [3.05, 3.63) is 76.3 Å². The van der Waals surface area contributed by atoms with Crippen LogP contribution in [0.25, 0.3) is 11.5 Å². The Labute approximate surface area is 208 Å². The number of fused-ring (bicyclic) bond motifs is 3. The minimum atomic E-state index is -0.597. The van der Waals surface area contributed by atoms with Gasteiger partial charge in [0.15, 0.2) is 16.6 Å². The molecule has 13 heteroatoms. The van der Waals surface area contributed by atoms with E-state index in [0.29, 0.717) is 33.7 Å². The maximum atomic E-state index is 13.5. The van der Waals surface area contributed by atoms with Gasteiger partial charge in [-0.15, -0.1) is 4.80 Å². The molecule has 0 radical (unpaired) electrons. The summed E-state index contributed by atoms with van der Waals surface area (Å²) >= 11 is 12.6. The van der Waals surface area contributed by atoms with Gasteiger partial charge in [0.25, 0.3) is 0 Å². The quantitative estimate of drug-likeness (QED) is 0.395. The fourth-order valence-corrected chi connectivity index (χ4v) is 5.13. The third kappa shape index (κ3) is 3.46. The van der Waals surface area contributed by atoms with Crippen LogP contribution in [-0.4, -0.2) is 50.3 Å². The Balaban J connectivity index is 1.38. The zero-order valence-electron chi connectivity index (χ0n) is 18.6. The number of amides is 1. The molecule has 0 spiro atoms. The number of carbonyl (C=O) groups excluding carboxylic acids is 1. The van der Waals surface area contributed by atoms with Gasteiger partial charge in [-0.3, -0.25) is 9.48 Å². The summed E-state index contributed by atoms with van der Waals surface area (Å²) in [6, 6.07) is 5.26. The number of anilines is 1.